The van der Waals surface area contributed by atoms with Crippen molar-refractivity contribution in [3.8, 4) is 0 Å². The number of alkyl carbamates (subject to hydrolysis) is 1. The van der Waals surface area contributed by atoms with E-state index >= 15 is 0 Å². The number of halogens is 2. The van der Waals surface area contributed by atoms with E-state index in [9.17, 15) is 19.5 Å². The molecule has 0 radical (unpaired) electrons. The Morgan fingerprint density at radius 3 is 1.97 bits per heavy atom. The standard InChI is InChI=1S/C25H39I2N3O5/c1-14(2)12-18(23(32)29-19(15(3)4)21(31)22(26)27)28-24(33)20(16(5)6)30-25(34)35-13-17-10-8-7-9-11-17/h7-11,14-16,18-22,31H,12-13H2,1-6H3,(H,28,33)(H,29,32)(H,30,34)/t18-,19-,20-,21?/m0/s1. The molecule has 0 aliphatic carbocycles. The predicted molar refractivity (Wildman–Crippen MR) is 154 cm³/mol. The van der Waals surface area contributed by atoms with Gasteiger partial charge in [0.25, 0.3) is 0 Å². The Kier molecular flexibility index (Phi) is 14.4. The van der Waals surface area contributed by atoms with Crippen molar-refractivity contribution in [3.63, 3.8) is 0 Å². The minimum Gasteiger partial charge on any atom is -0.445 e. The highest BCUT2D eigenvalue weighted by Crippen LogP contribution is 2.21. The molecule has 198 valence electrons. The number of hydrogen-bond acceptors (Lipinski definition) is 5. The predicted octanol–water partition coefficient (Wildman–Crippen LogP) is 4.17. The maximum atomic E-state index is 13.2. The number of hydrogen-bond donors (Lipinski definition) is 4. The van der Waals surface area contributed by atoms with Gasteiger partial charge in [-0.25, -0.2) is 4.79 Å². The molecule has 0 aliphatic heterocycles. The largest absolute Gasteiger partial charge is 0.445 e. The maximum Gasteiger partial charge on any atom is 0.408 e. The SMILES string of the molecule is CC(C)C[C@H](NC(=O)[C@@H](NC(=O)OCc1ccccc1)C(C)C)C(=O)N[C@@H](C(C)C)C(O)C(I)I. The molecule has 8 nitrogen and oxygen atoms in total. The van der Waals surface area contributed by atoms with E-state index in [4.69, 9.17) is 4.74 Å². The van der Waals surface area contributed by atoms with Gasteiger partial charge in [0, 0.05) is 0 Å². The fourth-order valence-corrected chi connectivity index (χ4v) is 4.35. The molecule has 0 heterocycles. The summed E-state index contributed by atoms with van der Waals surface area (Å²) in [4.78, 5) is 38.7. The third-order valence-electron chi connectivity index (χ3n) is 5.43. The molecule has 4 atom stereocenters. The summed E-state index contributed by atoms with van der Waals surface area (Å²) in [6.45, 7) is 11.5. The first-order valence-electron chi connectivity index (χ1n) is 11.9. The normalized spacial score (nSPS) is 15.0. The van der Waals surface area contributed by atoms with E-state index in [0.717, 1.165) is 5.56 Å². The van der Waals surface area contributed by atoms with Crippen molar-refractivity contribution in [2.45, 2.75) is 80.7 Å². The molecule has 35 heavy (non-hydrogen) atoms. The van der Waals surface area contributed by atoms with Crippen molar-refractivity contribution in [1.82, 2.24) is 16.0 Å². The summed E-state index contributed by atoms with van der Waals surface area (Å²) in [6, 6.07) is 7.12. The van der Waals surface area contributed by atoms with Crippen LogP contribution < -0.4 is 16.0 Å². The van der Waals surface area contributed by atoms with Gasteiger partial charge in [0.15, 0.2) is 0 Å². The Morgan fingerprint density at radius 2 is 1.49 bits per heavy atom. The molecule has 0 saturated carbocycles. The van der Waals surface area contributed by atoms with Gasteiger partial charge in [0.1, 0.15) is 18.7 Å². The molecule has 1 unspecified atom stereocenters. The molecule has 4 N–H and O–H groups in total. The van der Waals surface area contributed by atoms with Gasteiger partial charge in [0.2, 0.25) is 11.8 Å². The molecule has 1 aromatic rings. The number of carbonyl (C=O) groups excluding carboxylic acids is 3. The van der Waals surface area contributed by atoms with Crippen LogP contribution in [0.25, 0.3) is 0 Å². The van der Waals surface area contributed by atoms with Gasteiger partial charge >= 0.3 is 6.09 Å². The van der Waals surface area contributed by atoms with Crippen LogP contribution in [-0.4, -0.2) is 49.2 Å². The van der Waals surface area contributed by atoms with Gasteiger partial charge in [-0.1, -0.05) is 117 Å². The fraction of sp³-hybridized carbons (Fsp3) is 0.640. The molecule has 0 fully saturated rings. The summed E-state index contributed by atoms with van der Waals surface area (Å²) in [7, 11) is 0. The Bertz CT molecular complexity index is 806. The Balaban J connectivity index is 2.89. The van der Waals surface area contributed by atoms with E-state index < -0.39 is 36.2 Å². The highest BCUT2D eigenvalue weighted by atomic mass is 127. The van der Waals surface area contributed by atoms with Gasteiger partial charge in [-0.15, -0.1) is 0 Å². The third-order valence-corrected chi connectivity index (χ3v) is 6.90. The summed E-state index contributed by atoms with van der Waals surface area (Å²) < 4.78 is 5.17. The van der Waals surface area contributed by atoms with E-state index in [1.165, 1.54) is 0 Å². The second-order valence-corrected chi connectivity index (χ2v) is 14.8. The lowest BCUT2D eigenvalue weighted by atomic mass is 9.97. The van der Waals surface area contributed by atoms with Crippen molar-refractivity contribution in [2.75, 3.05) is 0 Å². The number of aliphatic hydroxyl groups excluding tert-OH is 1. The van der Waals surface area contributed by atoms with Crippen molar-refractivity contribution in [1.29, 1.82) is 0 Å². The van der Waals surface area contributed by atoms with Gasteiger partial charge in [-0.3, -0.25) is 9.59 Å². The molecule has 0 saturated heterocycles. The summed E-state index contributed by atoms with van der Waals surface area (Å²) in [5.41, 5.74) is 0.837. The van der Waals surface area contributed by atoms with Crippen LogP contribution in [0.5, 0.6) is 0 Å². The second kappa shape index (κ2) is 15.9. The van der Waals surface area contributed by atoms with Crippen LogP contribution in [-0.2, 0) is 20.9 Å². The van der Waals surface area contributed by atoms with Crippen molar-refractivity contribution < 1.29 is 24.2 Å². The minimum absolute atomic E-state index is 0.000785. The zero-order valence-electron chi connectivity index (χ0n) is 21.3. The van der Waals surface area contributed by atoms with Crippen molar-refractivity contribution in [2.24, 2.45) is 17.8 Å². The Hall–Kier alpha value is -1.15. The summed E-state index contributed by atoms with van der Waals surface area (Å²) in [5, 5.41) is 18.9. The lowest BCUT2D eigenvalue weighted by molar-refractivity contribution is -0.131. The van der Waals surface area contributed by atoms with Crippen LogP contribution in [0, 0.1) is 17.8 Å². The second-order valence-electron chi connectivity index (χ2n) is 9.72. The first-order valence-corrected chi connectivity index (χ1v) is 14.4. The van der Waals surface area contributed by atoms with Crippen LogP contribution in [0.3, 0.4) is 0 Å². The van der Waals surface area contributed by atoms with Crippen molar-refractivity contribution >= 4 is 63.1 Å². The van der Waals surface area contributed by atoms with E-state index in [1.807, 2.05) is 71.9 Å². The highest BCUT2D eigenvalue weighted by Gasteiger charge is 2.33. The maximum absolute atomic E-state index is 13.2. The zero-order valence-corrected chi connectivity index (χ0v) is 25.6. The Labute approximate surface area is 236 Å². The first kappa shape index (κ1) is 31.9. The van der Waals surface area contributed by atoms with Crippen LogP contribution in [0.15, 0.2) is 30.3 Å². The van der Waals surface area contributed by atoms with Gasteiger partial charge in [0.05, 0.1) is 14.1 Å². The molecular weight excluding hydrogens is 676 g/mol. The molecule has 0 aliphatic rings. The van der Waals surface area contributed by atoms with Crippen LogP contribution in [0.4, 0.5) is 4.79 Å². The summed E-state index contributed by atoms with van der Waals surface area (Å²) in [5.74, 6) is -0.907. The number of carbonyl (C=O) groups is 3. The Morgan fingerprint density at radius 1 is 0.886 bits per heavy atom. The first-order chi connectivity index (χ1) is 16.3. The molecule has 0 bridgehead atoms. The average Bonchev–Trinajstić information content (AvgIpc) is 2.78. The van der Waals surface area contributed by atoms with E-state index in [0.29, 0.717) is 6.42 Å². The lowest BCUT2D eigenvalue weighted by Crippen LogP contribution is -2.58. The topological polar surface area (TPSA) is 117 Å². The average molecular weight is 715 g/mol. The monoisotopic (exact) mass is 715 g/mol. The van der Waals surface area contributed by atoms with E-state index in [-0.39, 0.29) is 32.2 Å². The van der Waals surface area contributed by atoms with Crippen LogP contribution in [0.1, 0.15) is 53.5 Å². The molecule has 3 amide bonds. The minimum atomic E-state index is -0.875. The number of amides is 3. The number of rotatable bonds is 13. The molecule has 10 heteroatoms. The summed E-state index contributed by atoms with van der Waals surface area (Å²) in [6.07, 6.45) is -1.02. The molecule has 0 spiro atoms. The molecule has 1 aromatic carbocycles. The number of nitrogens with one attached hydrogen (secondary N) is 3. The zero-order chi connectivity index (χ0) is 26.7. The van der Waals surface area contributed by atoms with Crippen molar-refractivity contribution in [3.05, 3.63) is 35.9 Å². The highest BCUT2D eigenvalue weighted by molar-refractivity contribution is 14.2. The van der Waals surface area contributed by atoms with Gasteiger partial charge < -0.3 is 25.8 Å². The number of alkyl halides is 2. The smallest absolute Gasteiger partial charge is 0.408 e. The quantitative estimate of drug-likeness (QED) is 0.181. The lowest BCUT2D eigenvalue weighted by Gasteiger charge is -2.31. The number of aliphatic hydroxyl groups is 1. The van der Waals surface area contributed by atoms with Gasteiger partial charge in [-0.05, 0) is 29.7 Å². The number of benzene rings is 1. The van der Waals surface area contributed by atoms with Crippen LogP contribution >= 0.6 is 45.2 Å². The molecular formula is C25H39I2N3O5. The third kappa shape index (κ3) is 11.6. The van der Waals surface area contributed by atoms with Crippen LogP contribution in [0.2, 0.25) is 0 Å². The molecule has 0 aromatic heterocycles. The summed E-state index contributed by atoms with van der Waals surface area (Å²) >= 11 is 4.24. The number of ether oxygens (including phenoxy) is 1. The van der Waals surface area contributed by atoms with E-state index in [2.05, 4.69) is 61.1 Å². The van der Waals surface area contributed by atoms with E-state index in [1.54, 1.807) is 0 Å². The molecule has 1 rings (SSSR count). The fourth-order valence-electron chi connectivity index (χ4n) is 3.46. The van der Waals surface area contributed by atoms with Gasteiger partial charge in [-0.2, -0.15) is 0 Å².